The first-order valence-corrected chi connectivity index (χ1v) is 10.4. The van der Waals surface area contributed by atoms with Crippen molar-refractivity contribution >= 4 is 41.1 Å². The molecule has 35 heavy (non-hydrogen) atoms. The van der Waals surface area contributed by atoms with E-state index in [1.54, 1.807) is 0 Å². The Bertz CT molecular complexity index is 1320. The summed E-state index contributed by atoms with van der Waals surface area (Å²) in [5, 5.41) is 21.8. The monoisotopic (exact) mass is 470 g/mol. The van der Waals surface area contributed by atoms with Crippen LogP contribution in [0.3, 0.4) is 0 Å². The van der Waals surface area contributed by atoms with Gasteiger partial charge in [-0.1, -0.05) is 36.4 Å². The van der Waals surface area contributed by atoms with Gasteiger partial charge in [0.15, 0.2) is 11.5 Å². The molecule has 0 atom stereocenters. The number of nitrogens with zero attached hydrogens (tertiary/aromatic N) is 5. The maximum Gasteiger partial charge on any atom is 0.282 e. The van der Waals surface area contributed by atoms with Crippen molar-refractivity contribution in [1.29, 1.82) is 0 Å². The molecule has 4 aromatic rings. The van der Waals surface area contributed by atoms with Gasteiger partial charge in [-0.25, -0.2) is 5.43 Å². The van der Waals surface area contributed by atoms with Crippen molar-refractivity contribution in [3.8, 4) is 11.5 Å². The Morgan fingerprint density at radius 2 is 1.37 bits per heavy atom. The quantitative estimate of drug-likeness (QED) is 0.192. The van der Waals surface area contributed by atoms with E-state index in [-0.39, 0.29) is 35.9 Å². The summed E-state index contributed by atoms with van der Waals surface area (Å²) in [6.45, 7) is 0.00454. The van der Waals surface area contributed by atoms with Crippen LogP contribution in [0.1, 0.15) is 5.56 Å². The standard InChI is InChI=1S/C23H18N8O4/c32-31(33)18-12-20-19(34-14-35-20)11-15(18)13-24-30-23-28-21(25-16-7-3-1-4-8-16)27-22(29-23)26-17-9-5-2-6-10-17/h1-13H,14H2,(H3,25,26,27,28,29,30)/b24-13-. The summed E-state index contributed by atoms with van der Waals surface area (Å²) in [5.41, 5.74) is 4.34. The molecule has 0 fully saturated rings. The minimum Gasteiger partial charge on any atom is -0.454 e. The van der Waals surface area contributed by atoms with E-state index in [0.29, 0.717) is 11.5 Å². The Balaban J connectivity index is 1.41. The molecule has 0 saturated carbocycles. The number of anilines is 5. The highest BCUT2D eigenvalue weighted by Gasteiger charge is 2.22. The largest absolute Gasteiger partial charge is 0.454 e. The molecular formula is C23H18N8O4. The normalized spacial score (nSPS) is 11.9. The van der Waals surface area contributed by atoms with Gasteiger partial charge in [-0.15, -0.1) is 0 Å². The fourth-order valence-corrected chi connectivity index (χ4v) is 3.21. The lowest BCUT2D eigenvalue weighted by Crippen LogP contribution is -2.07. The van der Waals surface area contributed by atoms with E-state index < -0.39 is 4.92 Å². The number of para-hydroxylation sites is 2. The Labute approximate surface area is 198 Å². The molecule has 0 saturated heterocycles. The van der Waals surface area contributed by atoms with Crippen LogP contribution < -0.4 is 25.5 Å². The van der Waals surface area contributed by atoms with Crippen molar-refractivity contribution in [3.05, 3.63) is 88.5 Å². The summed E-state index contributed by atoms with van der Waals surface area (Å²) in [4.78, 5) is 24.0. The van der Waals surface area contributed by atoms with E-state index in [4.69, 9.17) is 9.47 Å². The highest BCUT2D eigenvalue weighted by Crippen LogP contribution is 2.37. The highest BCUT2D eigenvalue weighted by atomic mass is 16.7. The maximum absolute atomic E-state index is 11.5. The molecule has 0 amide bonds. The minimum absolute atomic E-state index is 0.00454. The van der Waals surface area contributed by atoms with Crippen LogP contribution in [-0.2, 0) is 0 Å². The molecule has 2 heterocycles. The molecule has 1 aliphatic rings. The Morgan fingerprint density at radius 3 is 1.94 bits per heavy atom. The van der Waals surface area contributed by atoms with Gasteiger partial charge >= 0.3 is 0 Å². The molecule has 0 unspecified atom stereocenters. The number of benzene rings is 3. The van der Waals surface area contributed by atoms with Crippen molar-refractivity contribution in [2.45, 2.75) is 0 Å². The number of aromatic nitrogens is 3. The second-order valence-corrected chi connectivity index (χ2v) is 7.18. The summed E-state index contributed by atoms with van der Waals surface area (Å²) < 4.78 is 10.5. The summed E-state index contributed by atoms with van der Waals surface area (Å²) in [6, 6.07) is 21.6. The van der Waals surface area contributed by atoms with Crippen LogP contribution in [0.2, 0.25) is 0 Å². The molecule has 12 heteroatoms. The summed E-state index contributed by atoms with van der Waals surface area (Å²) in [7, 11) is 0. The highest BCUT2D eigenvalue weighted by molar-refractivity contribution is 5.87. The van der Waals surface area contributed by atoms with E-state index >= 15 is 0 Å². The Morgan fingerprint density at radius 1 is 0.829 bits per heavy atom. The average Bonchev–Trinajstić information content (AvgIpc) is 3.32. The molecule has 12 nitrogen and oxygen atoms in total. The van der Waals surface area contributed by atoms with Crippen LogP contribution in [-0.4, -0.2) is 32.9 Å². The van der Waals surface area contributed by atoms with E-state index in [0.717, 1.165) is 11.4 Å². The van der Waals surface area contributed by atoms with Crippen LogP contribution in [0.15, 0.2) is 77.9 Å². The molecular weight excluding hydrogens is 452 g/mol. The third-order valence-corrected chi connectivity index (χ3v) is 4.78. The van der Waals surface area contributed by atoms with Gasteiger partial charge in [0.2, 0.25) is 24.6 Å². The van der Waals surface area contributed by atoms with Gasteiger partial charge in [0.05, 0.1) is 22.8 Å². The molecule has 0 bridgehead atoms. The predicted octanol–water partition coefficient (Wildman–Crippen LogP) is 4.44. The molecule has 5 rings (SSSR count). The first kappa shape index (κ1) is 21.6. The lowest BCUT2D eigenvalue weighted by Gasteiger charge is -2.10. The van der Waals surface area contributed by atoms with Crippen molar-refractivity contribution < 1.29 is 14.4 Å². The SMILES string of the molecule is O=[N+]([O-])c1cc2c(cc1/C=N\Nc1nc(Nc3ccccc3)nc(Nc3ccccc3)n1)OCO2. The molecule has 0 radical (unpaired) electrons. The second-order valence-electron chi connectivity index (χ2n) is 7.18. The number of hydrazone groups is 1. The minimum atomic E-state index is -0.518. The third kappa shape index (κ3) is 5.22. The number of nitro benzene ring substituents is 1. The first-order valence-electron chi connectivity index (χ1n) is 10.4. The van der Waals surface area contributed by atoms with Gasteiger partial charge < -0.3 is 20.1 Å². The summed E-state index contributed by atoms with van der Waals surface area (Å²) in [5.74, 6) is 1.39. The van der Waals surface area contributed by atoms with E-state index in [2.05, 4.69) is 36.1 Å². The molecule has 3 N–H and O–H groups in total. The average molecular weight is 470 g/mol. The van der Waals surface area contributed by atoms with E-state index in [9.17, 15) is 10.1 Å². The zero-order valence-corrected chi connectivity index (χ0v) is 18.1. The van der Waals surface area contributed by atoms with Crippen LogP contribution in [0.25, 0.3) is 0 Å². The van der Waals surface area contributed by atoms with Gasteiger partial charge in [0, 0.05) is 11.4 Å². The number of rotatable bonds is 8. The second kappa shape index (κ2) is 9.70. The fraction of sp³-hybridized carbons (Fsp3) is 0.0435. The zero-order chi connectivity index (χ0) is 24.0. The van der Waals surface area contributed by atoms with Crippen LogP contribution >= 0.6 is 0 Å². The van der Waals surface area contributed by atoms with Crippen molar-refractivity contribution in [1.82, 2.24) is 15.0 Å². The van der Waals surface area contributed by atoms with Crippen LogP contribution in [0.5, 0.6) is 11.5 Å². The van der Waals surface area contributed by atoms with Crippen molar-refractivity contribution in [2.75, 3.05) is 22.9 Å². The van der Waals surface area contributed by atoms with Gasteiger partial charge in [-0.2, -0.15) is 20.1 Å². The Kier molecular flexibility index (Phi) is 5.98. The topological polar surface area (TPSA) is 149 Å². The van der Waals surface area contributed by atoms with Gasteiger partial charge in [0.25, 0.3) is 5.69 Å². The predicted molar refractivity (Wildman–Crippen MR) is 130 cm³/mol. The Hall–Kier alpha value is -5.26. The van der Waals surface area contributed by atoms with Crippen LogP contribution in [0.4, 0.5) is 34.9 Å². The number of nitro groups is 1. The van der Waals surface area contributed by atoms with Crippen LogP contribution in [0, 0.1) is 10.1 Å². The number of ether oxygens (including phenoxy) is 2. The fourth-order valence-electron chi connectivity index (χ4n) is 3.21. The summed E-state index contributed by atoms with van der Waals surface area (Å²) >= 11 is 0. The molecule has 1 aliphatic heterocycles. The third-order valence-electron chi connectivity index (χ3n) is 4.78. The van der Waals surface area contributed by atoms with Gasteiger partial charge in [-0.3, -0.25) is 10.1 Å². The molecule has 3 aromatic carbocycles. The maximum atomic E-state index is 11.5. The van der Waals surface area contributed by atoms with Crippen molar-refractivity contribution in [2.24, 2.45) is 5.10 Å². The molecule has 1 aromatic heterocycles. The number of nitrogens with one attached hydrogen (secondary N) is 3. The number of hydrogen-bond acceptors (Lipinski definition) is 11. The molecule has 174 valence electrons. The van der Waals surface area contributed by atoms with E-state index in [1.807, 2.05) is 60.7 Å². The van der Waals surface area contributed by atoms with Crippen molar-refractivity contribution in [3.63, 3.8) is 0 Å². The lowest BCUT2D eigenvalue weighted by molar-refractivity contribution is -0.385. The smallest absolute Gasteiger partial charge is 0.282 e. The molecule has 0 spiro atoms. The number of hydrogen-bond donors (Lipinski definition) is 3. The first-order chi connectivity index (χ1) is 17.1. The summed E-state index contributed by atoms with van der Waals surface area (Å²) in [6.07, 6.45) is 1.29. The zero-order valence-electron chi connectivity index (χ0n) is 18.1. The number of fused-ring (bicyclic) bond motifs is 1. The lowest BCUT2D eigenvalue weighted by atomic mass is 10.1. The molecule has 0 aliphatic carbocycles. The van der Waals surface area contributed by atoms with Gasteiger partial charge in [0.1, 0.15) is 0 Å². The van der Waals surface area contributed by atoms with Gasteiger partial charge in [-0.05, 0) is 30.3 Å². The van der Waals surface area contributed by atoms with E-state index in [1.165, 1.54) is 18.3 Å².